The minimum Gasteiger partial charge on any atom is -0.355 e. The number of likely N-dealkylation sites (N-methyl/N-ethyl adjacent to an activating group) is 1. The summed E-state index contributed by atoms with van der Waals surface area (Å²) in [5.74, 6) is -0.170. The second-order valence-electron chi connectivity index (χ2n) is 8.16. The fraction of sp³-hybridized carbons (Fsp3) is 0.571. The van der Waals surface area contributed by atoms with Crippen LogP contribution in [0.4, 0.5) is 0 Å². The van der Waals surface area contributed by atoms with Gasteiger partial charge in [-0.3, -0.25) is 19.3 Å². The maximum Gasteiger partial charge on any atom is 0.253 e. The van der Waals surface area contributed by atoms with Gasteiger partial charge in [-0.2, -0.15) is 0 Å². The van der Waals surface area contributed by atoms with Gasteiger partial charge in [0.15, 0.2) is 0 Å². The number of hydrogen-bond donors (Lipinski definition) is 2. The smallest absolute Gasteiger partial charge is 0.253 e. The molecule has 154 valence electrons. The number of benzene rings is 1. The van der Waals surface area contributed by atoms with Gasteiger partial charge in [-0.1, -0.05) is 0 Å². The van der Waals surface area contributed by atoms with E-state index in [1.165, 1.54) is 0 Å². The van der Waals surface area contributed by atoms with Crippen LogP contribution in [0.3, 0.4) is 0 Å². The van der Waals surface area contributed by atoms with Crippen LogP contribution in [0.25, 0.3) is 0 Å². The lowest BCUT2D eigenvalue weighted by molar-refractivity contribution is -0.122. The molecule has 1 aromatic carbocycles. The largest absolute Gasteiger partial charge is 0.355 e. The highest BCUT2D eigenvalue weighted by Gasteiger charge is 2.22. The van der Waals surface area contributed by atoms with Crippen LogP contribution in [0, 0.1) is 0 Å². The molecule has 1 aromatic rings. The number of carbonyl (C=O) groups is 3. The molecule has 28 heavy (non-hydrogen) atoms. The quantitative estimate of drug-likeness (QED) is 0.801. The predicted octanol–water partition coefficient (Wildman–Crippen LogP) is 1.50. The van der Waals surface area contributed by atoms with Crippen molar-refractivity contribution in [2.75, 3.05) is 39.3 Å². The summed E-state index contributed by atoms with van der Waals surface area (Å²) in [4.78, 5) is 40.7. The molecule has 7 nitrogen and oxygen atoms in total. The van der Waals surface area contributed by atoms with Gasteiger partial charge in [-0.05, 0) is 58.4 Å². The van der Waals surface area contributed by atoms with E-state index >= 15 is 0 Å². The summed E-state index contributed by atoms with van der Waals surface area (Å²) in [6.07, 6.45) is 0.831. The number of rotatable bonds is 5. The fourth-order valence-corrected chi connectivity index (χ4v) is 3.15. The SMILES string of the molecule is CCNC(=O)CN1CCCN(C(=O)c2ccc(C(=O)NC(C)(C)C)cc2)CC1. The van der Waals surface area contributed by atoms with Gasteiger partial charge in [0.05, 0.1) is 6.54 Å². The molecule has 1 saturated heterocycles. The second kappa shape index (κ2) is 9.68. The fourth-order valence-electron chi connectivity index (χ4n) is 3.15. The van der Waals surface area contributed by atoms with E-state index in [4.69, 9.17) is 0 Å². The summed E-state index contributed by atoms with van der Waals surface area (Å²) in [5.41, 5.74) is 0.803. The first kappa shape index (κ1) is 21.9. The minimum atomic E-state index is -0.308. The first-order valence-electron chi connectivity index (χ1n) is 9.90. The van der Waals surface area contributed by atoms with Crippen molar-refractivity contribution in [2.24, 2.45) is 0 Å². The number of nitrogens with zero attached hydrogens (tertiary/aromatic N) is 2. The molecule has 0 spiro atoms. The Morgan fingerprint density at radius 2 is 1.61 bits per heavy atom. The van der Waals surface area contributed by atoms with Gasteiger partial charge in [-0.25, -0.2) is 0 Å². The molecule has 0 saturated carbocycles. The molecule has 1 aliphatic heterocycles. The second-order valence-corrected chi connectivity index (χ2v) is 8.16. The molecule has 3 amide bonds. The van der Waals surface area contributed by atoms with Gasteiger partial charge >= 0.3 is 0 Å². The predicted molar refractivity (Wildman–Crippen MR) is 109 cm³/mol. The molecule has 0 bridgehead atoms. The lowest BCUT2D eigenvalue weighted by Crippen LogP contribution is -2.40. The Morgan fingerprint density at radius 3 is 2.21 bits per heavy atom. The van der Waals surface area contributed by atoms with Crippen molar-refractivity contribution in [3.63, 3.8) is 0 Å². The van der Waals surface area contributed by atoms with Crippen LogP contribution in [0.2, 0.25) is 0 Å². The van der Waals surface area contributed by atoms with Crippen LogP contribution in [-0.2, 0) is 4.79 Å². The summed E-state index contributed by atoms with van der Waals surface area (Å²) in [5, 5.41) is 5.72. The van der Waals surface area contributed by atoms with Crippen LogP contribution in [-0.4, -0.2) is 72.3 Å². The summed E-state index contributed by atoms with van der Waals surface area (Å²) < 4.78 is 0. The third kappa shape index (κ3) is 6.64. The molecule has 1 heterocycles. The van der Waals surface area contributed by atoms with E-state index in [0.29, 0.717) is 43.9 Å². The number of hydrogen-bond acceptors (Lipinski definition) is 4. The highest BCUT2D eigenvalue weighted by Crippen LogP contribution is 2.12. The third-order valence-electron chi connectivity index (χ3n) is 4.50. The van der Waals surface area contributed by atoms with Crippen LogP contribution in [0.15, 0.2) is 24.3 Å². The van der Waals surface area contributed by atoms with Crippen LogP contribution >= 0.6 is 0 Å². The maximum atomic E-state index is 12.8. The molecule has 0 radical (unpaired) electrons. The number of amides is 3. The molecular weight excluding hydrogens is 356 g/mol. The van der Waals surface area contributed by atoms with Gasteiger partial charge in [-0.15, -0.1) is 0 Å². The standard InChI is InChI=1S/C21H32N4O3/c1-5-22-18(26)15-24-11-6-12-25(14-13-24)20(28)17-9-7-16(8-10-17)19(27)23-21(2,3)4/h7-10H,5-6,11-15H2,1-4H3,(H,22,26)(H,23,27). The van der Waals surface area contributed by atoms with Crippen LogP contribution in [0.5, 0.6) is 0 Å². The monoisotopic (exact) mass is 388 g/mol. The van der Waals surface area contributed by atoms with Crippen molar-refractivity contribution in [1.82, 2.24) is 20.4 Å². The topological polar surface area (TPSA) is 81.8 Å². The Labute approximate surface area is 167 Å². The average Bonchev–Trinajstić information content (AvgIpc) is 2.85. The van der Waals surface area contributed by atoms with Gasteiger partial charge in [0, 0.05) is 49.4 Å². The molecule has 7 heteroatoms. The lowest BCUT2D eigenvalue weighted by Gasteiger charge is -2.22. The van der Waals surface area contributed by atoms with E-state index in [0.717, 1.165) is 13.0 Å². The summed E-state index contributed by atoms with van der Waals surface area (Å²) in [6.45, 7) is 11.4. The van der Waals surface area contributed by atoms with Crippen LogP contribution in [0.1, 0.15) is 54.8 Å². The van der Waals surface area contributed by atoms with E-state index in [9.17, 15) is 14.4 Å². The zero-order valence-electron chi connectivity index (χ0n) is 17.4. The molecule has 0 aromatic heterocycles. The number of carbonyl (C=O) groups excluding carboxylic acids is 3. The van der Waals surface area contributed by atoms with Crippen molar-refractivity contribution in [3.05, 3.63) is 35.4 Å². The van der Waals surface area contributed by atoms with E-state index in [1.54, 1.807) is 24.3 Å². The van der Waals surface area contributed by atoms with Gasteiger partial charge in [0.25, 0.3) is 11.8 Å². The van der Waals surface area contributed by atoms with Crippen molar-refractivity contribution in [1.29, 1.82) is 0 Å². The van der Waals surface area contributed by atoms with E-state index in [2.05, 4.69) is 15.5 Å². The Hall–Kier alpha value is -2.41. The van der Waals surface area contributed by atoms with Gasteiger partial charge in [0.1, 0.15) is 0 Å². The Bertz CT molecular complexity index is 695. The zero-order valence-corrected chi connectivity index (χ0v) is 17.4. The summed E-state index contributed by atoms with van der Waals surface area (Å²) >= 11 is 0. The molecule has 2 N–H and O–H groups in total. The molecule has 0 atom stereocenters. The van der Waals surface area contributed by atoms with Crippen molar-refractivity contribution in [2.45, 2.75) is 39.7 Å². The maximum absolute atomic E-state index is 12.8. The highest BCUT2D eigenvalue weighted by molar-refractivity contribution is 5.98. The Kier molecular flexibility index (Phi) is 7.57. The van der Waals surface area contributed by atoms with Crippen LogP contribution < -0.4 is 10.6 Å². The molecule has 1 fully saturated rings. The summed E-state index contributed by atoms with van der Waals surface area (Å²) in [7, 11) is 0. The molecular formula is C21H32N4O3. The van der Waals surface area contributed by atoms with E-state index in [-0.39, 0.29) is 23.3 Å². The Balaban J connectivity index is 1.94. The highest BCUT2D eigenvalue weighted by atomic mass is 16.2. The minimum absolute atomic E-state index is 0.0198. The lowest BCUT2D eigenvalue weighted by atomic mass is 10.1. The van der Waals surface area contributed by atoms with Crippen molar-refractivity contribution >= 4 is 17.7 Å². The Morgan fingerprint density at radius 1 is 0.964 bits per heavy atom. The normalized spacial score (nSPS) is 15.6. The summed E-state index contributed by atoms with van der Waals surface area (Å²) in [6, 6.07) is 6.79. The van der Waals surface area contributed by atoms with Crippen molar-refractivity contribution in [3.8, 4) is 0 Å². The molecule has 2 rings (SSSR count). The third-order valence-corrected chi connectivity index (χ3v) is 4.50. The zero-order chi connectivity index (χ0) is 20.7. The van der Waals surface area contributed by atoms with E-state index in [1.807, 2.05) is 32.6 Å². The van der Waals surface area contributed by atoms with Crippen molar-refractivity contribution < 1.29 is 14.4 Å². The molecule has 1 aliphatic rings. The molecule has 0 aliphatic carbocycles. The van der Waals surface area contributed by atoms with Gasteiger partial charge in [0.2, 0.25) is 5.91 Å². The molecule has 0 unspecified atom stereocenters. The first-order chi connectivity index (χ1) is 13.2. The first-order valence-corrected chi connectivity index (χ1v) is 9.90. The van der Waals surface area contributed by atoms with E-state index < -0.39 is 0 Å². The number of nitrogens with one attached hydrogen (secondary N) is 2. The van der Waals surface area contributed by atoms with Gasteiger partial charge < -0.3 is 15.5 Å². The average molecular weight is 389 g/mol.